The Labute approximate surface area is 108 Å². The van der Waals surface area contributed by atoms with Gasteiger partial charge in [0.25, 0.3) is 0 Å². The van der Waals surface area contributed by atoms with Gasteiger partial charge in [-0.25, -0.2) is 24.5 Å². The van der Waals surface area contributed by atoms with Crippen LogP contribution >= 0.6 is 0 Å². The number of aryl methyl sites for hydroxylation is 1. The predicted molar refractivity (Wildman–Crippen MR) is 53.0 cm³/mol. The van der Waals surface area contributed by atoms with Crippen LogP contribution in [0.3, 0.4) is 0 Å². The summed E-state index contributed by atoms with van der Waals surface area (Å²) in [4.78, 5) is 0. The third-order valence-corrected chi connectivity index (χ3v) is 2.24. The van der Waals surface area contributed by atoms with Gasteiger partial charge in [-0.15, -0.1) is 12.1 Å². The van der Waals surface area contributed by atoms with Crippen molar-refractivity contribution in [3.05, 3.63) is 47.7 Å². The van der Waals surface area contributed by atoms with Crippen molar-refractivity contribution in [2.24, 2.45) is 0 Å². The summed E-state index contributed by atoms with van der Waals surface area (Å²) in [5.41, 5.74) is 4.26. The Bertz CT molecular complexity index is 271. The molecule has 4 radical (unpaired) electrons. The summed E-state index contributed by atoms with van der Waals surface area (Å²) in [6, 6.07) is 6.50. The maximum atomic E-state index is 2.34. The molecule has 0 aromatic heterocycles. The van der Waals surface area contributed by atoms with E-state index in [-0.39, 0.29) is 41.1 Å². The van der Waals surface area contributed by atoms with Gasteiger partial charge in [0.05, 0.1) is 0 Å². The quantitative estimate of drug-likeness (QED) is 0.485. The fraction of sp³-hybridized carbons (Fsp3) is 0.273. The maximum Gasteiger partial charge on any atom is 0 e. The van der Waals surface area contributed by atoms with E-state index in [1.54, 1.807) is 0 Å². The molecule has 0 unspecified atom stereocenters. The molecule has 2 rings (SSSR count). The van der Waals surface area contributed by atoms with E-state index in [2.05, 4.69) is 38.0 Å². The average Bonchev–Trinajstić information content (AvgIpc) is 2.06. The van der Waals surface area contributed by atoms with Crippen molar-refractivity contribution >= 4 is 8.41 Å². The van der Waals surface area contributed by atoms with Gasteiger partial charge >= 0.3 is 0 Å². The van der Waals surface area contributed by atoms with Crippen LogP contribution in [0, 0.1) is 19.8 Å². The molecule has 1 aliphatic rings. The normalized spacial score (nSPS) is 12.4. The molecule has 64 valence electrons. The van der Waals surface area contributed by atoms with Crippen LogP contribution in [0.1, 0.15) is 29.5 Å². The SMILES string of the molecule is Cc1cccc2c1[CH-]CC[CH-]2.[B].[Y]. The molecule has 0 atom stereocenters. The Balaban J connectivity index is 0.000000720. The molecule has 1 aromatic carbocycles. The van der Waals surface area contributed by atoms with Crippen molar-refractivity contribution in [2.45, 2.75) is 19.8 Å². The van der Waals surface area contributed by atoms with Crippen molar-refractivity contribution in [3.63, 3.8) is 0 Å². The van der Waals surface area contributed by atoms with Crippen LogP contribution in [0.2, 0.25) is 0 Å². The molecular weight excluding hydrogens is 232 g/mol. The molecule has 0 heterocycles. The standard InChI is InChI=1S/C11H12.B.Y/c1-9-5-4-7-10-6-2-3-8-11(9)10;;/h4-8H,2-3H2,1H3;;/q-2;;. The fourth-order valence-corrected chi connectivity index (χ4v) is 1.63. The van der Waals surface area contributed by atoms with Crippen LogP contribution in [-0.2, 0) is 32.7 Å². The van der Waals surface area contributed by atoms with Gasteiger partial charge in [0, 0.05) is 41.1 Å². The van der Waals surface area contributed by atoms with Gasteiger partial charge in [-0.3, -0.25) is 11.1 Å². The third-order valence-electron chi connectivity index (χ3n) is 2.24. The largest absolute Gasteiger partial charge is 0.296 e. The topological polar surface area (TPSA) is 0 Å². The van der Waals surface area contributed by atoms with E-state index < -0.39 is 0 Å². The van der Waals surface area contributed by atoms with Gasteiger partial charge in [0.15, 0.2) is 0 Å². The summed E-state index contributed by atoms with van der Waals surface area (Å²) >= 11 is 0. The Morgan fingerprint density at radius 1 is 1.15 bits per heavy atom. The smallest absolute Gasteiger partial charge is 0 e. The molecule has 0 saturated carbocycles. The minimum Gasteiger partial charge on any atom is -0.296 e. The van der Waals surface area contributed by atoms with E-state index in [0.29, 0.717) is 0 Å². The summed E-state index contributed by atoms with van der Waals surface area (Å²) in [6.45, 7) is 2.18. The molecule has 0 nitrogen and oxygen atoms in total. The van der Waals surface area contributed by atoms with Gasteiger partial charge in [-0.1, -0.05) is 19.8 Å². The van der Waals surface area contributed by atoms with Crippen LogP contribution in [-0.4, -0.2) is 8.41 Å². The number of rotatable bonds is 0. The third kappa shape index (κ3) is 2.79. The first-order chi connectivity index (χ1) is 5.38. The van der Waals surface area contributed by atoms with Crippen molar-refractivity contribution in [3.8, 4) is 0 Å². The summed E-state index contributed by atoms with van der Waals surface area (Å²) in [5, 5.41) is 0. The van der Waals surface area contributed by atoms with E-state index in [4.69, 9.17) is 0 Å². The molecule has 2 heteroatoms. The Kier molecular flexibility index (Phi) is 5.83. The van der Waals surface area contributed by atoms with Crippen LogP contribution in [0.4, 0.5) is 0 Å². The zero-order valence-corrected chi connectivity index (χ0v) is 10.8. The van der Waals surface area contributed by atoms with Crippen LogP contribution < -0.4 is 0 Å². The monoisotopic (exact) mass is 244 g/mol. The molecule has 1 aromatic rings. The second kappa shape index (κ2) is 5.77. The van der Waals surface area contributed by atoms with Gasteiger partial charge in [0.1, 0.15) is 0 Å². The van der Waals surface area contributed by atoms with Gasteiger partial charge < -0.3 is 0 Å². The number of hydrogen-bond acceptors (Lipinski definition) is 0. The average molecular weight is 244 g/mol. The second-order valence-corrected chi connectivity index (χ2v) is 3.06. The Hall–Kier alpha value is 0.129. The van der Waals surface area contributed by atoms with E-state index in [1.165, 1.54) is 29.5 Å². The second-order valence-electron chi connectivity index (χ2n) is 3.06. The van der Waals surface area contributed by atoms with Crippen molar-refractivity contribution in [2.75, 3.05) is 0 Å². The van der Waals surface area contributed by atoms with Crippen molar-refractivity contribution in [1.29, 1.82) is 0 Å². The molecule has 0 fully saturated rings. The number of fused-ring (bicyclic) bond motifs is 1. The van der Waals surface area contributed by atoms with E-state index >= 15 is 0 Å². The minimum absolute atomic E-state index is 0. The number of benzene rings is 1. The summed E-state index contributed by atoms with van der Waals surface area (Å²) in [6.07, 6.45) is 7.07. The number of hydrogen-bond donors (Lipinski definition) is 0. The first-order valence-corrected chi connectivity index (χ1v) is 4.14. The van der Waals surface area contributed by atoms with Gasteiger partial charge in [-0.2, -0.15) is 0 Å². The van der Waals surface area contributed by atoms with Gasteiger partial charge in [0.2, 0.25) is 0 Å². The zero-order chi connectivity index (χ0) is 7.68. The first-order valence-electron chi connectivity index (χ1n) is 4.14. The first kappa shape index (κ1) is 13.1. The van der Waals surface area contributed by atoms with Crippen molar-refractivity contribution in [1.82, 2.24) is 0 Å². The molecule has 13 heavy (non-hydrogen) atoms. The van der Waals surface area contributed by atoms with Crippen LogP contribution in [0.15, 0.2) is 18.2 Å². The summed E-state index contributed by atoms with van der Waals surface area (Å²) < 4.78 is 0. The Morgan fingerprint density at radius 3 is 2.54 bits per heavy atom. The van der Waals surface area contributed by atoms with E-state index in [1.807, 2.05) is 0 Å². The summed E-state index contributed by atoms with van der Waals surface area (Å²) in [7, 11) is 0. The summed E-state index contributed by atoms with van der Waals surface area (Å²) in [5.74, 6) is 0. The minimum atomic E-state index is 0. The van der Waals surface area contributed by atoms with Crippen LogP contribution in [0.25, 0.3) is 0 Å². The van der Waals surface area contributed by atoms with E-state index in [0.717, 1.165) is 0 Å². The molecule has 0 N–H and O–H groups in total. The predicted octanol–water partition coefficient (Wildman–Crippen LogP) is 2.51. The molecular formula is C11H12BY-2. The van der Waals surface area contributed by atoms with Crippen LogP contribution in [0.5, 0.6) is 0 Å². The molecule has 0 aliphatic heterocycles. The molecule has 0 saturated heterocycles. The Morgan fingerprint density at radius 2 is 1.85 bits per heavy atom. The molecule has 0 bridgehead atoms. The fourth-order valence-electron chi connectivity index (χ4n) is 1.63. The molecule has 0 spiro atoms. The van der Waals surface area contributed by atoms with Gasteiger partial charge in [-0.05, 0) is 0 Å². The maximum absolute atomic E-state index is 2.34. The van der Waals surface area contributed by atoms with E-state index in [9.17, 15) is 0 Å². The zero-order valence-electron chi connectivity index (χ0n) is 7.96. The van der Waals surface area contributed by atoms with Crippen molar-refractivity contribution < 1.29 is 32.7 Å². The molecule has 0 amide bonds. The molecule has 1 aliphatic carbocycles.